The Labute approximate surface area is 146 Å². The van der Waals surface area contributed by atoms with E-state index in [0.29, 0.717) is 5.76 Å². The van der Waals surface area contributed by atoms with Gasteiger partial charge in [0.05, 0.1) is 12.0 Å². The molecule has 0 radical (unpaired) electrons. The number of hydrogen-bond donors (Lipinski definition) is 2. The molecule has 4 aromatic rings. The van der Waals surface area contributed by atoms with Crippen molar-refractivity contribution in [3.05, 3.63) is 48.0 Å². The molecule has 0 unspecified atom stereocenters. The number of aromatic nitrogens is 5. The predicted octanol–water partition coefficient (Wildman–Crippen LogP) is 2.95. The van der Waals surface area contributed by atoms with E-state index in [1.807, 2.05) is 6.92 Å². The summed E-state index contributed by atoms with van der Waals surface area (Å²) in [6, 6.07) is 7.99. The zero-order valence-electron chi connectivity index (χ0n) is 13.5. The van der Waals surface area contributed by atoms with Crippen LogP contribution in [0.25, 0.3) is 23.3 Å². The quantitative estimate of drug-likeness (QED) is 0.568. The minimum atomic E-state index is -0.448. The molecule has 9 nitrogen and oxygen atoms in total. The highest BCUT2D eigenvalue weighted by molar-refractivity contribution is 5.59. The number of furan rings is 1. The highest BCUT2D eigenvalue weighted by Crippen LogP contribution is 2.23. The number of rotatable bonds is 4. The molecule has 1 aromatic carbocycles. The number of nitrogens with zero attached hydrogens (tertiary/aromatic N) is 5. The van der Waals surface area contributed by atoms with E-state index in [1.54, 1.807) is 24.3 Å². The van der Waals surface area contributed by atoms with Gasteiger partial charge in [0, 0.05) is 0 Å². The summed E-state index contributed by atoms with van der Waals surface area (Å²) in [5.74, 6) is 0.286. The second-order valence-corrected chi connectivity index (χ2v) is 5.35. The summed E-state index contributed by atoms with van der Waals surface area (Å²) in [6.45, 7) is 1.84. The fourth-order valence-corrected chi connectivity index (χ4v) is 2.22. The van der Waals surface area contributed by atoms with E-state index in [9.17, 15) is 4.39 Å². The molecule has 0 spiro atoms. The topological polar surface area (TPSA) is 129 Å². The summed E-state index contributed by atoms with van der Waals surface area (Å²) in [7, 11) is 0. The van der Waals surface area contributed by atoms with Crippen molar-refractivity contribution < 1.29 is 13.3 Å². The summed E-state index contributed by atoms with van der Waals surface area (Å²) in [5, 5.41) is 6.58. The zero-order chi connectivity index (χ0) is 18.1. The molecule has 0 amide bonds. The minimum Gasteiger partial charge on any atom is -0.459 e. The van der Waals surface area contributed by atoms with Gasteiger partial charge in [0.2, 0.25) is 23.5 Å². The lowest BCUT2D eigenvalue weighted by molar-refractivity contribution is 0.416. The van der Waals surface area contributed by atoms with E-state index >= 15 is 0 Å². The number of halogens is 1. The van der Waals surface area contributed by atoms with Gasteiger partial charge in [-0.25, -0.2) is 4.39 Å². The summed E-state index contributed by atoms with van der Waals surface area (Å²) < 4.78 is 24.2. The van der Waals surface area contributed by atoms with Crippen LogP contribution in [-0.4, -0.2) is 25.1 Å². The molecule has 26 heavy (non-hydrogen) atoms. The number of aryl methyl sites for hydroxylation is 1. The molecule has 10 heteroatoms. The van der Waals surface area contributed by atoms with E-state index in [4.69, 9.17) is 14.7 Å². The van der Waals surface area contributed by atoms with Crippen LogP contribution in [0.5, 0.6) is 0 Å². The standard InChI is InChI=1S/C16H12FN7O2/c1-8-4-5-9(17)10(7-8)19-16-22-12(21-15(18)23-16)13-20-14(26-24-13)11-3-2-6-25-11/h2-7H,1H3,(H3,18,19,21,22,23). The van der Waals surface area contributed by atoms with Crippen molar-refractivity contribution in [2.24, 2.45) is 0 Å². The number of benzene rings is 1. The molecule has 0 bridgehead atoms. The predicted molar refractivity (Wildman–Crippen MR) is 89.7 cm³/mol. The van der Waals surface area contributed by atoms with Crippen molar-refractivity contribution in [2.75, 3.05) is 11.1 Å². The fourth-order valence-electron chi connectivity index (χ4n) is 2.22. The Morgan fingerprint density at radius 1 is 1.08 bits per heavy atom. The van der Waals surface area contributed by atoms with E-state index in [1.165, 1.54) is 12.3 Å². The number of nitrogens with one attached hydrogen (secondary N) is 1. The third-order valence-electron chi connectivity index (χ3n) is 3.38. The molecule has 3 aromatic heterocycles. The summed E-state index contributed by atoms with van der Waals surface area (Å²) >= 11 is 0. The van der Waals surface area contributed by atoms with Crippen LogP contribution in [-0.2, 0) is 0 Å². The first-order valence-electron chi connectivity index (χ1n) is 7.51. The van der Waals surface area contributed by atoms with Crippen molar-refractivity contribution in [1.29, 1.82) is 0 Å². The second-order valence-electron chi connectivity index (χ2n) is 5.35. The Morgan fingerprint density at radius 2 is 1.96 bits per heavy atom. The Morgan fingerprint density at radius 3 is 2.77 bits per heavy atom. The van der Waals surface area contributed by atoms with E-state index in [0.717, 1.165) is 5.56 Å². The van der Waals surface area contributed by atoms with Gasteiger partial charge in [-0.15, -0.1) is 0 Å². The van der Waals surface area contributed by atoms with Crippen LogP contribution in [0.1, 0.15) is 5.56 Å². The average Bonchev–Trinajstić information content (AvgIpc) is 3.28. The molecular formula is C16H12FN7O2. The number of anilines is 3. The number of nitrogen functional groups attached to an aromatic ring is 1. The van der Waals surface area contributed by atoms with E-state index in [2.05, 4.69) is 30.4 Å². The third-order valence-corrected chi connectivity index (χ3v) is 3.38. The monoisotopic (exact) mass is 353 g/mol. The van der Waals surface area contributed by atoms with Crippen LogP contribution < -0.4 is 11.1 Å². The zero-order valence-corrected chi connectivity index (χ0v) is 13.5. The molecule has 0 aliphatic rings. The van der Waals surface area contributed by atoms with Crippen LogP contribution in [0.15, 0.2) is 45.5 Å². The van der Waals surface area contributed by atoms with Crippen molar-refractivity contribution in [2.45, 2.75) is 6.92 Å². The Balaban J connectivity index is 1.67. The molecule has 0 fully saturated rings. The van der Waals surface area contributed by atoms with Crippen LogP contribution in [0.4, 0.5) is 22.0 Å². The Kier molecular flexibility index (Phi) is 3.77. The maximum atomic E-state index is 13.9. The first-order valence-corrected chi connectivity index (χ1v) is 7.51. The Bertz CT molecular complexity index is 1060. The van der Waals surface area contributed by atoms with Crippen LogP contribution in [0, 0.1) is 12.7 Å². The molecule has 0 aliphatic carbocycles. The molecule has 0 atom stereocenters. The Hall–Kier alpha value is -3.82. The second kappa shape index (κ2) is 6.24. The average molecular weight is 353 g/mol. The normalized spacial score (nSPS) is 10.8. The first kappa shape index (κ1) is 15.7. The van der Waals surface area contributed by atoms with Gasteiger partial charge in [0.15, 0.2) is 5.76 Å². The summed E-state index contributed by atoms with van der Waals surface area (Å²) in [4.78, 5) is 16.3. The van der Waals surface area contributed by atoms with Crippen LogP contribution in [0.2, 0.25) is 0 Å². The van der Waals surface area contributed by atoms with Gasteiger partial charge >= 0.3 is 0 Å². The number of hydrogen-bond acceptors (Lipinski definition) is 9. The van der Waals surface area contributed by atoms with Crippen molar-refractivity contribution in [3.63, 3.8) is 0 Å². The lowest BCUT2D eigenvalue weighted by atomic mass is 10.2. The van der Waals surface area contributed by atoms with Crippen LogP contribution in [0.3, 0.4) is 0 Å². The molecule has 3 N–H and O–H groups in total. The smallest absolute Gasteiger partial charge is 0.294 e. The summed E-state index contributed by atoms with van der Waals surface area (Å²) in [6.07, 6.45) is 1.48. The summed E-state index contributed by atoms with van der Waals surface area (Å²) in [5.41, 5.74) is 6.81. The van der Waals surface area contributed by atoms with Gasteiger partial charge in [-0.1, -0.05) is 11.2 Å². The van der Waals surface area contributed by atoms with Gasteiger partial charge in [-0.05, 0) is 36.8 Å². The van der Waals surface area contributed by atoms with Gasteiger partial charge in [-0.3, -0.25) is 0 Å². The third kappa shape index (κ3) is 3.07. The van der Waals surface area contributed by atoms with E-state index < -0.39 is 5.82 Å². The number of nitrogens with two attached hydrogens (primary N) is 1. The SMILES string of the molecule is Cc1ccc(F)c(Nc2nc(N)nc(-c3noc(-c4ccco4)n3)n2)c1. The fraction of sp³-hybridized carbons (Fsp3) is 0.0625. The molecule has 0 aliphatic heterocycles. The van der Waals surface area contributed by atoms with Crippen LogP contribution >= 0.6 is 0 Å². The maximum absolute atomic E-state index is 13.9. The van der Waals surface area contributed by atoms with Crippen molar-refractivity contribution >= 4 is 17.6 Å². The van der Waals surface area contributed by atoms with Gasteiger partial charge < -0.3 is 20.0 Å². The highest BCUT2D eigenvalue weighted by atomic mass is 19.1. The van der Waals surface area contributed by atoms with Crippen molar-refractivity contribution in [3.8, 4) is 23.3 Å². The van der Waals surface area contributed by atoms with Gasteiger partial charge in [0.1, 0.15) is 5.82 Å². The minimum absolute atomic E-state index is 0.0568. The molecule has 3 heterocycles. The maximum Gasteiger partial charge on any atom is 0.294 e. The largest absolute Gasteiger partial charge is 0.459 e. The molecular weight excluding hydrogens is 341 g/mol. The molecule has 130 valence electrons. The van der Waals surface area contributed by atoms with Gasteiger partial charge in [0.25, 0.3) is 5.89 Å². The lowest BCUT2D eigenvalue weighted by Gasteiger charge is -2.07. The van der Waals surface area contributed by atoms with Gasteiger partial charge in [-0.2, -0.15) is 19.9 Å². The molecule has 0 saturated carbocycles. The molecule has 0 saturated heterocycles. The highest BCUT2D eigenvalue weighted by Gasteiger charge is 2.17. The van der Waals surface area contributed by atoms with E-state index in [-0.39, 0.29) is 35.1 Å². The molecule has 4 rings (SSSR count). The lowest BCUT2D eigenvalue weighted by Crippen LogP contribution is -2.06. The first-order chi connectivity index (χ1) is 12.6. The van der Waals surface area contributed by atoms with Crippen molar-refractivity contribution in [1.82, 2.24) is 25.1 Å².